The lowest BCUT2D eigenvalue weighted by Crippen LogP contribution is -2.21. The molecule has 1 unspecified atom stereocenters. The maximum absolute atomic E-state index is 8.93. The van der Waals surface area contributed by atoms with Gasteiger partial charge < -0.3 is 4.90 Å². The zero-order chi connectivity index (χ0) is 11.5. The Bertz CT molecular complexity index is 420. The van der Waals surface area contributed by atoms with Gasteiger partial charge in [-0.2, -0.15) is 5.26 Å². The monoisotopic (exact) mass is 215 g/mol. The van der Waals surface area contributed by atoms with Crippen molar-refractivity contribution in [2.45, 2.75) is 26.7 Å². The molecule has 3 heteroatoms. The summed E-state index contributed by atoms with van der Waals surface area (Å²) in [7, 11) is 0. The highest BCUT2D eigenvalue weighted by atomic mass is 15.2. The van der Waals surface area contributed by atoms with Crippen molar-refractivity contribution in [3.63, 3.8) is 0 Å². The Kier molecular flexibility index (Phi) is 3.09. The van der Waals surface area contributed by atoms with Gasteiger partial charge in [-0.1, -0.05) is 13.3 Å². The number of hydrogen-bond donors (Lipinski definition) is 0. The summed E-state index contributed by atoms with van der Waals surface area (Å²) in [5, 5.41) is 8.93. The first-order valence-electron chi connectivity index (χ1n) is 5.86. The highest BCUT2D eigenvalue weighted by Gasteiger charge is 2.22. The minimum Gasteiger partial charge on any atom is -0.356 e. The molecular weight excluding hydrogens is 198 g/mol. The Hall–Kier alpha value is -1.56. The molecule has 2 heterocycles. The van der Waals surface area contributed by atoms with E-state index in [4.69, 9.17) is 5.26 Å². The van der Waals surface area contributed by atoms with Crippen LogP contribution in [-0.2, 0) is 0 Å². The van der Waals surface area contributed by atoms with Gasteiger partial charge in [0, 0.05) is 18.8 Å². The molecule has 0 aromatic carbocycles. The third kappa shape index (κ3) is 2.16. The third-order valence-electron chi connectivity index (χ3n) is 3.26. The molecule has 0 N–H and O–H groups in total. The van der Waals surface area contributed by atoms with Crippen LogP contribution in [0.2, 0.25) is 0 Å². The molecule has 0 radical (unpaired) electrons. The molecule has 0 amide bonds. The lowest BCUT2D eigenvalue weighted by atomic mass is 10.1. The van der Waals surface area contributed by atoms with Gasteiger partial charge in [0.25, 0.3) is 0 Å². The normalized spacial score (nSPS) is 19.8. The lowest BCUT2D eigenvalue weighted by molar-refractivity contribution is 0.568. The maximum atomic E-state index is 8.93. The number of nitrogens with zero attached hydrogens (tertiary/aromatic N) is 3. The van der Waals surface area contributed by atoms with E-state index in [9.17, 15) is 0 Å². The lowest BCUT2D eigenvalue weighted by Gasteiger charge is -2.17. The fraction of sp³-hybridized carbons (Fsp3) is 0.538. The summed E-state index contributed by atoms with van der Waals surface area (Å²) in [5.74, 6) is 1.75. The average Bonchev–Trinajstić information content (AvgIpc) is 2.76. The molecule has 0 spiro atoms. The topological polar surface area (TPSA) is 39.9 Å². The van der Waals surface area contributed by atoms with Gasteiger partial charge in [-0.05, 0) is 31.4 Å². The predicted molar refractivity (Wildman–Crippen MR) is 64.3 cm³/mol. The van der Waals surface area contributed by atoms with Gasteiger partial charge in [0.2, 0.25) is 0 Å². The van der Waals surface area contributed by atoms with E-state index in [-0.39, 0.29) is 0 Å². The SMILES string of the molecule is CCC1CCN(c2cc(C#N)cc(C)n2)C1. The van der Waals surface area contributed by atoms with E-state index in [1.807, 2.05) is 19.1 Å². The van der Waals surface area contributed by atoms with Crippen molar-refractivity contribution in [2.24, 2.45) is 5.92 Å². The molecule has 1 aromatic rings. The Morgan fingerprint density at radius 1 is 1.56 bits per heavy atom. The van der Waals surface area contributed by atoms with Crippen molar-refractivity contribution in [3.8, 4) is 6.07 Å². The number of aryl methyl sites for hydroxylation is 1. The number of anilines is 1. The van der Waals surface area contributed by atoms with Crippen molar-refractivity contribution in [2.75, 3.05) is 18.0 Å². The molecule has 0 bridgehead atoms. The standard InChI is InChI=1S/C13H17N3/c1-3-11-4-5-16(9-11)13-7-12(8-14)6-10(2)15-13/h6-7,11H,3-5,9H2,1-2H3. The summed E-state index contributed by atoms with van der Waals surface area (Å²) in [6.07, 6.45) is 2.47. The van der Waals surface area contributed by atoms with Gasteiger partial charge in [-0.3, -0.25) is 0 Å². The van der Waals surface area contributed by atoms with Gasteiger partial charge in [-0.15, -0.1) is 0 Å². The van der Waals surface area contributed by atoms with Crippen LogP contribution in [0.15, 0.2) is 12.1 Å². The van der Waals surface area contributed by atoms with Crippen LogP contribution in [0.5, 0.6) is 0 Å². The van der Waals surface area contributed by atoms with Crippen molar-refractivity contribution in [3.05, 3.63) is 23.4 Å². The molecule has 16 heavy (non-hydrogen) atoms. The minimum absolute atomic E-state index is 0.711. The van der Waals surface area contributed by atoms with E-state index >= 15 is 0 Å². The quantitative estimate of drug-likeness (QED) is 0.761. The van der Waals surface area contributed by atoms with Crippen molar-refractivity contribution in [1.29, 1.82) is 5.26 Å². The molecule has 1 aliphatic heterocycles. The Balaban J connectivity index is 2.21. The fourth-order valence-electron chi connectivity index (χ4n) is 2.25. The van der Waals surface area contributed by atoms with Crippen LogP contribution >= 0.6 is 0 Å². The van der Waals surface area contributed by atoms with E-state index in [2.05, 4.69) is 22.9 Å². The Morgan fingerprint density at radius 2 is 2.38 bits per heavy atom. The van der Waals surface area contributed by atoms with Crippen molar-refractivity contribution < 1.29 is 0 Å². The van der Waals surface area contributed by atoms with Gasteiger partial charge in [0.1, 0.15) is 5.82 Å². The second-order valence-electron chi connectivity index (χ2n) is 4.48. The minimum atomic E-state index is 0.711. The van der Waals surface area contributed by atoms with Crippen molar-refractivity contribution >= 4 is 5.82 Å². The predicted octanol–water partition coefficient (Wildman–Crippen LogP) is 2.50. The van der Waals surface area contributed by atoms with E-state index in [1.165, 1.54) is 12.8 Å². The van der Waals surface area contributed by atoms with Crippen molar-refractivity contribution in [1.82, 2.24) is 4.98 Å². The van der Waals surface area contributed by atoms with Crippen LogP contribution < -0.4 is 4.90 Å². The largest absolute Gasteiger partial charge is 0.356 e. The Morgan fingerprint density at radius 3 is 3.00 bits per heavy atom. The number of hydrogen-bond acceptors (Lipinski definition) is 3. The first-order valence-corrected chi connectivity index (χ1v) is 5.86. The van der Waals surface area contributed by atoms with Crippen LogP contribution in [0.4, 0.5) is 5.82 Å². The molecule has 1 atom stereocenters. The summed E-state index contributed by atoms with van der Waals surface area (Å²) >= 11 is 0. The average molecular weight is 215 g/mol. The number of nitriles is 1. The molecule has 1 aromatic heterocycles. The van der Waals surface area contributed by atoms with Crippen LogP contribution in [0, 0.1) is 24.2 Å². The van der Waals surface area contributed by atoms with Crippen LogP contribution in [0.1, 0.15) is 31.0 Å². The molecule has 1 aliphatic rings. The summed E-state index contributed by atoms with van der Waals surface area (Å²) in [6.45, 7) is 6.33. The van der Waals surface area contributed by atoms with E-state index in [0.29, 0.717) is 5.56 Å². The zero-order valence-electron chi connectivity index (χ0n) is 9.90. The fourth-order valence-corrected chi connectivity index (χ4v) is 2.25. The molecule has 1 fully saturated rings. The highest BCUT2D eigenvalue weighted by molar-refractivity contribution is 5.47. The first kappa shape index (κ1) is 10.9. The van der Waals surface area contributed by atoms with Gasteiger partial charge in [0.05, 0.1) is 11.6 Å². The summed E-state index contributed by atoms with van der Waals surface area (Å²) in [5.41, 5.74) is 1.64. The molecule has 2 rings (SSSR count). The molecule has 3 nitrogen and oxygen atoms in total. The number of rotatable bonds is 2. The van der Waals surface area contributed by atoms with Gasteiger partial charge in [-0.25, -0.2) is 4.98 Å². The molecule has 84 valence electrons. The number of pyridine rings is 1. The molecular formula is C13H17N3. The summed E-state index contributed by atoms with van der Waals surface area (Å²) < 4.78 is 0. The highest BCUT2D eigenvalue weighted by Crippen LogP contribution is 2.24. The zero-order valence-corrected chi connectivity index (χ0v) is 9.90. The van der Waals surface area contributed by atoms with Crippen LogP contribution in [0.25, 0.3) is 0 Å². The second kappa shape index (κ2) is 4.52. The van der Waals surface area contributed by atoms with E-state index in [1.54, 1.807) is 0 Å². The molecule has 0 saturated carbocycles. The van der Waals surface area contributed by atoms with Gasteiger partial charge in [0.15, 0.2) is 0 Å². The Labute approximate surface area is 96.7 Å². The van der Waals surface area contributed by atoms with Crippen LogP contribution in [0.3, 0.4) is 0 Å². The smallest absolute Gasteiger partial charge is 0.130 e. The van der Waals surface area contributed by atoms with Crippen LogP contribution in [-0.4, -0.2) is 18.1 Å². The first-order chi connectivity index (χ1) is 7.72. The van der Waals surface area contributed by atoms with E-state index in [0.717, 1.165) is 30.5 Å². The maximum Gasteiger partial charge on any atom is 0.130 e. The molecule has 1 saturated heterocycles. The second-order valence-corrected chi connectivity index (χ2v) is 4.48. The number of aromatic nitrogens is 1. The summed E-state index contributed by atoms with van der Waals surface area (Å²) in [6, 6.07) is 5.91. The summed E-state index contributed by atoms with van der Waals surface area (Å²) in [4.78, 5) is 6.80. The van der Waals surface area contributed by atoms with E-state index < -0.39 is 0 Å². The van der Waals surface area contributed by atoms with Gasteiger partial charge >= 0.3 is 0 Å². The molecule has 0 aliphatic carbocycles. The third-order valence-corrected chi connectivity index (χ3v) is 3.26.